The van der Waals surface area contributed by atoms with Crippen LogP contribution in [0.25, 0.3) is 0 Å². The fourth-order valence-electron chi connectivity index (χ4n) is 20.8. The molecule has 2 aromatic heterocycles. The van der Waals surface area contributed by atoms with Crippen molar-refractivity contribution in [1.82, 2.24) is 50.2 Å². The van der Waals surface area contributed by atoms with Crippen LogP contribution in [0.15, 0.2) is 0 Å². The van der Waals surface area contributed by atoms with Gasteiger partial charge < -0.3 is 29.8 Å². The van der Waals surface area contributed by atoms with Crippen LogP contribution in [0.2, 0.25) is 0 Å². The van der Waals surface area contributed by atoms with E-state index in [1.54, 1.807) is 0 Å². The highest BCUT2D eigenvalue weighted by Gasteiger charge is 2.54. The summed E-state index contributed by atoms with van der Waals surface area (Å²) in [6.45, 7) is 51.2. The minimum absolute atomic E-state index is 0. The number of aromatic nitrogens is 6. The molecule has 2 aromatic rings. The average molecular weight is 1450 g/mol. The zero-order valence-electron chi connectivity index (χ0n) is 69.7. The lowest BCUT2D eigenvalue weighted by molar-refractivity contribution is -0.310. The minimum atomic E-state index is -0.244. The highest BCUT2D eigenvalue weighted by atomic mass is 16.7. The van der Waals surface area contributed by atoms with Gasteiger partial charge >= 0.3 is 0 Å². The van der Waals surface area contributed by atoms with Crippen LogP contribution in [0.5, 0.6) is 0 Å². The standard InChI is InChI=1S/C83H152N16O4.CH4/c1-22-26-50-93(63-55-78(9,10)97(79(11,12)56-63)101-67-43-35-30-36-44-67)73-85-70(86-74(90-73)94(51-27-23-2)64-57-80(13,14)98(81(15,16)58-64)102-68-45-37-31-38-46-68)84-61-92(49-25-4)72-87-71(91(21)62-53-76(5,6)96(77(7,8)54-62)100-66-41-33-29-34-42-66)88-75(89-72)95(52-28-24-3)65-59-82(17,18)99(83(19,20)60-65)103-69-47-39-32-40-48-69;/h62-69H,22-61H2,1-21H3,(H,84,85,86,90);1H4. The number of anilines is 6. The van der Waals surface area contributed by atoms with Crippen LogP contribution in [-0.4, -0.2) is 183 Å². The average Bonchev–Trinajstić information content (AvgIpc) is 0.767. The van der Waals surface area contributed by atoms with E-state index in [1.165, 1.54) is 77.0 Å². The van der Waals surface area contributed by atoms with Gasteiger partial charge in [0.1, 0.15) is 0 Å². The molecule has 0 bridgehead atoms. The first-order valence-electron chi connectivity index (χ1n) is 42.6. The molecule has 8 fully saturated rings. The predicted octanol–water partition coefficient (Wildman–Crippen LogP) is 19.4. The Labute approximate surface area is 635 Å². The topological polar surface area (TPSA) is 155 Å². The van der Waals surface area contributed by atoms with Crippen molar-refractivity contribution < 1.29 is 19.4 Å². The second-order valence-corrected chi connectivity index (χ2v) is 38.7. The molecular formula is C84H156N16O4. The second-order valence-electron chi connectivity index (χ2n) is 38.7. The molecule has 0 spiro atoms. The largest absolute Gasteiger partial charge is 0.341 e. The molecule has 0 amide bonds. The Morgan fingerprint density at radius 3 is 0.856 bits per heavy atom. The van der Waals surface area contributed by atoms with Gasteiger partial charge in [0, 0.05) is 102 Å². The summed E-state index contributed by atoms with van der Waals surface area (Å²) in [7, 11) is 2.25. The summed E-state index contributed by atoms with van der Waals surface area (Å²) in [4.78, 5) is 75.6. The van der Waals surface area contributed by atoms with Gasteiger partial charge in [-0.2, -0.15) is 50.2 Å². The lowest BCUT2D eigenvalue weighted by atomic mass is 9.78. The summed E-state index contributed by atoms with van der Waals surface area (Å²) < 4.78 is 0. The first-order valence-corrected chi connectivity index (χ1v) is 42.6. The molecule has 8 aliphatic rings. The predicted molar refractivity (Wildman–Crippen MR) is 432 cm³/mol. The number of hydrogen-bond acceptors (Lipinski definition) is 20. The van der Waals surface area contributed by atoms with Gasteiger partial charge in [0.05, 0.1) is 31.1 Å². The summed E-state index contributed by atoms with van der Waals surface area (Å²) in [6, 6.07) is 0.592. The van der Waals surface area contributed by atoms with E-state index in [9.17, 15) is 0 Å². The summed E-state index contributed by atoms with van der Waals surface area (Å²) in [5.41, 5.74) is -1.95. The number of rotatable bonds is 31. The number of nitrogens with zero attached hydrogens (tertiary/aromatic N) is 15. The van der Waals surface area contributed by atoms with Crippen LogP contribution in [0.4, 0.5) is 35.7 Å². The zero-order valence-corrected chi connectivity index (χ0v) is 69.7. The number of piperidine rings is 4. The van der Waals surface area contributed by atoms with E-state index >= 15 is 0 Å². The van der Waals surface area contributed by atoms with Gasteiger partial charge in [-0.1, -0.05) is 131 Å². The Hall–Kier alpha value is -3.50. The molecule has 4 aliphatic heterocycles. The van der Waals surface area contributed by atoms with Crippen LogP contribution < -0.4 is 29.8 Å². The smallest absolute Gasteiger partial charge is 0.233 e. The van der Waals surface area contributed by atoms with Crippen molar-refractivity contribution in [1.29, 1.82) is 0 Å². The van der Waals surface area contributed by atoms with E-state index in [0.29, 0.717) is 31.1 Å². The van der Waals surface area contributed by atoms with Gasteiger partial charge in [-0.15, -0.1) is 0 Å². The van der Waals surface area contributed by atoms with Crippen molar-refractivity contribution in [3.05, 3.63) is 0 Å². The van der Waals surface area contributed by atoms with Gasteiger partial charge in [-0.25, -0.2) is 0 Å². The lowest BCUT2D eigenvalue weighted by Crippen LogP contribution is -2.65. The van der Waals surface area contributed by atoms with Crippen molar-refractivity contribution in [2.75, 3.05) is 69.7 Å². The maximum atomic E-state index is 7.16. The van der Waals surface area contributed by atoms with Crippen molar-refractivity contribution in [3.8, 4) is 0 Å². The van der Waals surface area contributed by atoms with Crippen LogP contribution in [0.3, 0.4) is 0 Å². The van der Waals surface area contributed by atoms with E-state index in [1.807, 2.05) is 0 Å². The summed E-state index contributed by atoms with van der Waals surface area (Å²) in [5, 5.41) is 13.6. The number of nitrogens with one attached hydrogen (secondary N) is 1. The van der Waals surface area contributed by atoms with Crippen LogP contribution >= 0.6 is 0 Å². The minimum Gasteiger partial charge on any atom is -0.341 e. The quantitative estimate of drug-likeness (QED) is 0.0711. The Morgan fingerprint density at radius 2 is 0.577 bits per heavy atom. The molecule has 4 aliphatic carbocycles. The fraction of sp³-hybridized carbons (Fsp3) is 0.929. The van der Waals surface area contributed by atoms with Gasteiger partial charge in [-0.3, -0.25) is 19.4 Å². The van der Waals surface area contributed by atoms with Gasteiger partial charge in [0.25, 0.3) is 0 Å². The third-order valence-corrected chi connectivity index (χ3v) is 25.1. The molecule has 4 saturated carbocycles. The normalized spacial score (nSPS) is 25.0. The van der Waals surface area contributed by atoms with Gasteiger partial charge in [-0.05, 0) is 239 Å². The number of hydroxylamine groups is 8. The van der Waals surface area contributed by atoms with Gasteiger partial charge in [0.2, 0.25) is 35.7 Å². The van der Waals surface area contributed by atoms with E-state index in [0.717, 1.165) is 185 Å². The van der Waals surface area contributed by atoms with Crippen molar-refractivity contribution in [3.63, 3.8) is 0 Å². The Bertz CT molecular complexity index is 2770. The van der Waals surface area contributed by atoms with Crippen molar-refractivity contribution >= 4 is 35.7 Å². The fourth-order valence-corrected chi connectivity index (χ4v) is 20.8. The third-order valence-electron chi connectivity index (χ3n) is 25.1. The first kappa shape index (κ1) is 84.5. The van der Waals surface area contributed by atoms with E-state index in [4.69, 9.17) is 49.3 Å². The highest BCUT2D eigenvalue weighted by Crippen LogP contribution is 2.49. The molecule has 0 unspecified atom stereocenters. The Balaban J connectivity index is 0.0000125. The van der Waals surface area contributed by atoms with Crippen molar-refractivity contribution in [2.24, 2.45) is 0 Å². The zero-order chi connectivity index (χ0) is 74.3. The summed E-state index contributed by atoms with van der Waals surface area (Å²) >= 11 is 0. The molecular weight excluding hydrogens is 1300 g/mol. The van der Waals surface area contributed by atoms with Crippen LogP contribution in [-0.2, 0) is 19.4 Å². The van der Waals surface area contributed by atoms with Crippen LogP contribution in [0, 0.1) is 0 Å². The van der Waals surface area contributed by atoms with Gasteiger partial charge in [0.15, 0.2) is 0 Å². The number of unbranched alkanes of at least 4 members (excludes halogenated alkanes) is 3. The molecule has 1 N–H and O–H groups in total. The van der Waals surface area contributed by atoms with Crippen molar-refractivity contribution in [2.45, 2.75) is 464 Å². The molecule has 0 aromatic carbocycles. The second kappa shape index (κ2) is 35.7. The molecule has 0 radical (unpaired) electrons. The Kier molecular flexibility index (Phi) is 29.0. The third kappa shape index (κ3) is 20.7. The molecule has 6 heterocycles. The lowest BCUT2D eigenvalue weighted by Gasteiger charge is -2.57. The molecule has 0 atom stereocenters. The maximum absolute atomic E-state index is 7.16. The molecule has 20 heteroatoms. The van der Waals surface area contributed by atoms with E-state index < -0.39 is 0 Å². The van der Waals surface area contributed by atoms with E-state index in [2.05, 4.69) is 196 Å². The first-order chi connectivity index (χ1) is 48.7. The highest BCUT2D eigenvalue weighted by molar-refractivity contribution is 5.51. The molecule has 20 nitrogen and oxygen atoms in total. The monoisotopic (exact) mass is 1450 g/mol. The molecule has 4 saturated heterocycles. The summed E-state index contributed by atoms with van der Waals surface area (Å²) in [5.74, 6) is 4.20. The Morgan fingerprint density at radius 1 is 0.327 bits per heavy atom. The summed E-state index contributed by atoms with van der Waals surface area (Å²) in [6.07, 6.45) is 39.7. The maximum Gasteiger partial charge on any atom is 0.233 e. The number of hydrogen-bond donors (Lipinski definition) is 1. The van der Waals surface area contributed by atoms with Crippen LogP contribution in [0.1, 0.15) is 371 Å². The molecule has 596 valence electrons. The van der Waals surface area contributed by atoms with E-state index in [-0.39, 0.29) is 100 Å². The SMILES string of the molecule is C.CCCCN(c1nc(N(CCC)CNc2nc(N(CCCC)C3CC(C)(C)N(OC4CCCCC4)C(C)(C)C3)nc(N(CCCC)C3CC(C)(C)N(OC4CCCCC4)C(C)(C)C3)n2)nc(N(C)C2CC(C)(C)N(OC3CCCCC3)C(C)(C)C2)n1)C1CC(C)(C)N(OC2CCCCC2)C(C)(C)C1. The molecule has 104 heavy (non-hydrogen) atoms. The molecule has 10 rings (SSSR count).